The van der Waals surface area contributed by atoms with E-state index in [-0.39, 0.29) is 12.3 Å². The molecular weight excluding hydrogens is 356 g/mol. The molecule has 28 heavy (non-hydrogen) atoms. The van der Waals surface area contributed by atoms with Crippen LogP contribution < -0.4 is 10.2 Å². The molecule has 3 heterocycles. The number of hydrogen-bond donors (Lipinski definition) is 1. The van der Waals surface area contributed by atoms with Crippen molar-refractivity contribution < 1.29 is 14.3 Å². The number of fused-ring (bicyclic) bond motifs is 1. The van der Waals surface area contributed by atoms with Crippen LogP contribution in [0.2, 0.25) is 0 Å². The van der Waals surface area contributed by atoms with Gasteiger partial charge in [-0.25, -0.2) is 9.31 Å². The monoisotopic (exact) mass is 376 g/mol. The predicted octanol–water partition coefficient (Wildman–Crippen LogP) is 3.01. The van der Waals surface area contributed by atoms with E-state index >= 15 is 0 Å². The molecule has 1 aromatic carbocycles. The van der Waals surface area contributed by atoms with Crippen LogP contribution in [0.25, 0.3) is 11.6 Å². The van der Waals surface area contributed by atoms with Crippen molar-refractivity contribution in [2.24, 2.45) is 0 Å². The van der Waals surface area contributed by atoms with E-state index in [9.17, 15) is 9.59 Å². The number of urea groups is 1. The normalized spacial score (nSPS) is 14.8. The summed E-state index contributed by atoms with van der Waals surface area (Å²) in [5.41, 5.74) is 3.61. The first-order valence-electron chi connectivity index (χ1n) is 9.08. The Morgan fingerprint density at radius 1 is 1.14 bits per heavy atom. The molecule has 4 rings (SSSR count). The summed E-state index contributed by atoms with van der Waals surface area (Å²) in [6.45, 7) is 1.44. The van der Waals surface area contributed by atoms with Gasteiger partial charge in [-0.15, -0.1) is 0 Å². The van der Waals surface area contributed by atoms with Gasteiger partial charge in [0.25, 0.3) is 0 Å². The van der Waals surface area contributed by atoms with Crippen molar-refractivity contribution in [2.45, 2.75) is 13.0 Å². The molecule has 7 heteroatoms. The second kappa shape index (κ2) is 8.06. The predicted molar refractivity (Wildman–Crippen MR) is 106 cm³/mol. The molecule has 1 saturated heterocycles. The van der Waals surface area contributed by atoms with Crippen molar-refractivity contribution in [3.05, 3.63) is 72.1 Å². The zero-order chi connectivity index (χ0) is 19.3. The Kier molecular flexibility index (Phi) is 5.16. The largest absolute Gasteiger partial charge is 0.373 e. The van der Waals surface area contributed by atoms with Crippen molar-refractivity contribution in [1.29, 1.82) is 0 Å². The van der Waals surface area contributed by atoms with E-state index in [0.29, 0.717) is 25.4 Å². The highest BCUT2D eigenvalue weighted by Gasteiger charge is 2.26. The minimum absolute atomic E-state index is 0.250. The number of hydrogen-bond acceptors (Lipinski definition) is 4. The summed E-state index contributed by atoms with van der Waals surface area (Å²) in [7, 11) is 0. The van der Waals surface area contributed by atoms with Crippen LogP contribution in [0.15, 0.2) is 60.9 Å². The molecule has 0 spiro atoms. The zero-order valence-electron chi connectivity index (χ0n) is 15.2. The third kappa shape index (κ3) is 3.94. The van der Waals surface area contributed by atoms with Gasteiger partial charge < -0.3 is 4.74 Å². The first-order chi connectivity index (χ1) is 13.7. The van der Waals surface area contributed by atoms with E-state index in [1.54, 1.807) is 10.7 Å². The summed E-state index contributed by atoms with van der Waals surface area (Å²) >= 11 is 0. The van der Waals surface area contributed by atoms with Gasteiger partial charge in [0.05, 0.1) is 30.6 Å². The van der Waals surface area contributed by atoms with E-state index in [1.165, 1.54) is 4.90 Å². The summed E-state index contributed by atoms with van der Waals surface area (Å²) < 4.78 is 7.37. The number of carbonyl (C=O) groups is 2. The van der Waals surface area contributed by atoms with Gasteiger partial charge in [0.1, 0.15) is 0 Å². The molecule has 0 saturated carbocycles. The molecule has 142 valence electrons. The maximum Gasteiger partial charge on any atom is 0.328 e. The zero-order valence-corrected chi connectivity index (χ0v) is 15.2. The molecule has 0 bridgehead atoms. The Labute approximate surface area is 162 Å². The Morgan fingerprint density at radius 2 is 2.00 bits per heavy atom. The SMILES string of the molecule is O=C1CCN(c2cnn3cc(/C=C/COCc4ccccc4)ccc23)C(=O)N1. The van der Waals surface area contributed by atoms with Crippen LogP contribution in [0.3, 0.4) is 0 Å². The van der Waals surface area contributed by atoms with Crippen LogP contribution in [0, 0.1) is 0 Å². The number of ether oxygens (including phenoxy) is 1. The maximum atomic E-state index is 12.1. The minimum atomic E-state index is -0.411. The van der Waals surface area contributed by atoms with Crippen LogP contribution in [0.5, 0.6) is 0 Å². The quantitative estimate of drug-likeness (QED) is 0.671. The van der Waals surface area contributed by atoms with Gasteiger partial charge in [0.2, 0.25) is 5.91 Å². The van der Waals surface area contributed by atoms with Crippen LogP contribution in [0.4, 0.5) is 10.5 Å². The smallest absolute Gasteiger partial charge is 0.328 e. The molecule has 1 aliphatic rings. The highest BCUT2D eigenvalue weighted by Crippen LogP contribution is 2.24. The number of amides is 3. The van der Waals surface area contributed by atoms with Crippen molar-refractivity contribution >= 4 is 29.2 Å². The number of pyridine rings is 1. The van der Waals surface area contributed by atoms with Crippen molar-refractivity contribution in [3.8, 4) is 0 Å². The summed E-state index contributed by atoms with van der Waals surface area (Å²) in [5, 5.41) is 6.67. The molecular formula is C21H20N4O3. The number of rotatable bonds is 6. The first-order valence-corrected chi connectivity index (χ1v) is 9.08. The van der Waals surface area contributed by atoms with Crippen LogP contribution in [-0.2, 0) is 16.1 Å². The lowest BCUT2D eigenvalue weighted by molar-refractivity contribution is -0.120. The number of aromatic nitrogens is 2. The molecule has 0 unspecified atom stereocenters. The van der Waals surface area contributed by atoms with Gasteiger partial charge in [-0.1, -0.05) is 48.6 Å². The van der Waals surface area contributed by atoms with E-state index < -0.39 is 6.03 Å². The molecule has 1 aliphatic heterocycles. The summed E-state index contributed by atoms with van der Waals surface area (Å²) in [5.74, 6) is -0.250. The Balaban J connectivity index is 1.40. The van der Waals surface area contributed by atoms with Gasteiger partial charge in [0.15, 0.2) is 0 Å². The van der Waals surface area contributed by atoms with Crippen LogP contribution in [0.1, 0.15) is 17.5 Å². The molecule has 3 amide bonds. The lowest BCUT2D eigenvalue weighted by atomic mass is 10.2. The van der Waals surface area contributed by atoms with Crippen LogP contribution in [-0.4, -0.2) is 34.7 Å². The van der Waals surface area contributed by atoms with Gasteiger partial charge in [-0.2, -0.15) is 5.10 Å². The first kappa shape index (κ1) is 17.9. The molecule has 3 aromatic rings. The highest BCUT2D eigenvalue weighted by atomic mass is 16.5. The van der Waals surface area contributed by atoms with Gasteiger partial charge >= 0.3 is 6.03 Å². The van der Waals surface area contributed by atoms with E-state index in [2.05, 4.69) is 10.4 Å². The van der Waals surface area contributed by atoms with Crippen molar-refractivity contribution in [3.63, 3.8) is 0 Å². The van der Waals surface area contributed by atoms with Crippen LogP contribution >= 0.6 is 0 Å². The standard InChI is InChI=1S/C21H20N4O3/c26-20-10-11-24(21(27)23-20)19-13-22-25-14-16(8-9-18(19)25)7-4-12-28-15-17-5-2-1-3-6-17/h1-9,13-14H,10-12,15H2,(H,23,26,27)/b7-4+. The number of carbonyl (C=O) groups excluding carboxylic acids is 2. The average molecular weight is 376 g/mol. The van der Waals surface area contributed by atoms with E-state index in [1.807, 2.05) is 60.8 Å². The topological polar surface area (TPSA) is 75.9 Å². The molecule has 0 atom stereocenters. The Morgan fingerprint density at radius 3 is 2.82 bits per heavy atom. The third-order valence-corrected chi connectivity index (χ3v) is 4.50. The lowest BCUT2D eigenvalue weighted by Gasteiger charge is -2.25. The fourth-order valence-electron chi connectivity index (χ4n) is 3.09. The van der Waals surface area contributed by atoms with E-state index in [4.69, 9.17) is 4.74 Å². The number of benzene rings is 1. The molecule has 0 aliphatic carbocycles. The molecule has 7 nitrogen and oxygen atoms in total. The van der Waals surface area contributed by atoms with Gasteiger partial charge in [0, 0.05) is 19.2 Å². The van der Waals surface area contributed by atoms with Gasteiger partial charge in [-0.3, -0.25) is 15.0 Å². The highest BCUT2D eigenvalue weighted by molar-refractivity contribution is 6.07. The van der Waals surface area contributed by atoms with Crippen molar-refractivity contribution in [1.82, 2.24) is 14.9 Å². The molecule has 1 fully saturated rings. The lowest BCUT2D eigenvalue weighted by Crippen LogP contribution is -2.49. The van der Waals surface area contributed by atoms with Gasteiger partial charge in [-0.05, 0) is 17.2 Å². The minimum Gasteiger partial charge on any atom is -0.373 e. The Bertz CT molecular complexity index is 1030. The fourth-order valence-corrected chi connectivity index (χ4v) is 3.09. The second-order valence-corrected chi connectivity index (χ2v) is 6.48. The maximum absolute atomic E-state index is 12.1. The Hall–Kier alpha value is -3.45. The fraction of sp³-hybridized carbons (Fsp3) is 0.190. The average Bonchev–Trinajstić information content (AvgIpc) is 3.11. The number of imide groups is 1. The number of nitrogens with one attached hydrogen (secondary N) is 1. The number of nitrogens with zero attached hydrogens (tertiary/aromatic N) is 3. The molecule has 1 N–H and O–H groups in total. The summed E-state index contributed by atoms with van der Waals surface area (Å²) in [6.07, 6.45) is 7.74. The van der Waals surface area contributed by atoms with E-state index in [0.717, 1.165) is 16.6 Å². The third-order valence-electron chi connectivity index (χ3n) is 4.50. The summed E-state index contributed by atoms with van der Waals surface area (Å²) in [4.78, 5) is 24.9. The number of anilines is 1. The molecule has 2 aromatic heterocycles. The molecule has 0 radical (unpaired) electrons. The second-order valence-electron chi connectivity index (χ2n) is 6.48. The summed E-state index contributed by atoms with van der Waals surface area (Å²) in [6, 6.07) is 13.5. The van der Waals surface area contributed by atoms with Crippen molar-refractivity contribution in [2.75, 3.05) is 18.1 Å².